The Kier molecular flexibility index (Phi) is 5.34. The van der Waals surface area contributed by atoms with Crippen LogP contribution in [0.5, 0.6) is 0 Å². The lowest BCUT2D eigenvalue weighted by molar-refractivity contribution is -0.147. The van der Waals surface area contributed by atoms with Gasteiger partial charge in [0.05, 0.1) is 0 Å². The number of fused-ring (bicyclic) bond motifs is 1. The normalized spacial score (nSPS) is 23.5. The zero-order valence-corrected chi connectivity index (χ0v) is 16.4. The minimum atomic E-state index is -0.485. The molecule has 2 aromatic carbocycles. The van der Waals surface area contributed by atoms with Crippen molar-refractivity contribution in [2.45, 2.75) is 44.3 Å². The molecule has 2 saturated heterocycles. The number of hydrogen-bond acceptors (Lipinski definition) is 3. The summed E-state index contributed by atoms with van der Waals surface area (Å²) in [5.74, 6) is -0.347. The fourth-order valence-electron chi connectivity index (χ4n) is 4.16. The van der Waals surface area contributed by atoms with Gasteiger partial charge in [-0.2, -0.15) is 0 Å². The van der Waals surface area contributed by atoms with Crippen molar-refractivity contribution in [2.75, 3.05) is 6.54 Å². The number of nitrogens with zero attached hydrogens (tertiary/aromatic N) is 1. The summed E-state index contributed by atoms with van der Waals surface area (Å²) in [7, 11) is 0. The summed E-state index contributed by atoms with van der Waals surface area (Å²) < 4.78 is 0. The standard InChI is InChI=1S/C23H25N3O3/c1-2-6-19-23(29)26-14-18(13-20(26)22(28)25-19)24-21(27)17-11-9-16(10-12-17)15-7-4-3-5-8-15/h3-5,7-12,18-20H,2,6,13-14H2,1H3,(H,24,27)(H,25,28)/t18-,19-,20-/m0/s1. The molecule has 2 aliphatic rings. The van der Waals surface area contributed by atoms with E-state index < -0.39 is 12.1 Å². The van der Waals surface area contributed by atoms with E-state index in [1.165, 1.54) is 0 Å². The van der Waals surface area contributed by atoms with Crippen molar-refractivity contribution in [3.8, 4) is 11.1 Å². The molecule has 0 radical (unpaired) electrons. The topological polar surface area (TPSA) is 78.5 Å². The zero-order valence-electron chi connectivity index (χ0n) is 16.4. The maximum atomic E-state index is 12.7. The second kappa shape index (κ2) is 8.07. The molecule has 3 atom stereocenters. The predicted molar refractivity (Wildman–Crippen MR) is 110 cm³/mol. The third-order valence-electron chi connectivity index (χ3n) is 5.67. The third-order valence-corrected chi connectivity index (χ3v) is 5.67. The number of carbonyl (C=O) groups excluding carboxylic acids is 3. The van der Waals surface area contributed by atoms with Gasteiger partial charge in [0, 0.05) is 18.2 Å². The van der Waals surface area contributed by atoms with Crippen LogP contribution in [0.3, 0.4) is 0 Å². The molecule has 2 aliphatic heterocycles. The largest absolute Gasteiger partial charge is 0.347 e. The van der Waals surface area contributed by atoms with Crippen molar-refractivity contribution in [3.05, 3.63) is 60.2 Å². The molecule has 2 aromatic rings. The monoisotopic (exact) mass is 391 g/mol. The highest BCUT2D eigenvalue weighted by molar-refractivity contribution is 5.98. The molecule has 2 heterocycles. The Bertz CT molecular complexity index is 911. The summed E-state index contributed by atoms with van der Waals surface area (Å²) in [6, 6.07) is 16.3. The van der Waals surface area contributed by atoms with Crippen LogP contribution in [0.4, 0.5) is 0 Å². The van der Waals surface area contributed by atoms with Crippen LogP contribution in [0.25, 0.3) is 11.1 Å². The molecular weight excluding hydrogens is 366 g/mol. The van der Waals surface area contributed by atoms with Crippen molar-refractivity contribution < 1.29 is 14.4 Å². The first-order valence-corrected chi connectivity index (χ1v) is 10.1. The van der Waals surface area contributed by atoms with Crippen LogP contribution in [0.15, 0.2) is 54.6 Å². The molecular formula is C23H25N3O3. The lowest BCUT2D eigenvalue weighted by atomic mass is 10.0. The molecule has 0 bridgehead atoms. The maximum absolute atomic E-state index is 12.7. The Labute approximate surface area is 170 Å². The minimum absolute atomic E-state index is 0.0413. The molecule has 150 valence electrons. The molecule has 0 unspecified atom stereocenters. The van der Waals surface area contributed by atoms with Crippen LogP contribution >= 0.6 is 0 Å². The minimum Gasteiger partial charge on any atom is -0.347 e. The molecule has 2 fully saturated rings. The molecule has 3 amide bonds. The van der Waals surface area contributed by atoms with Crippen molar-refractivity contribution in [1.29, 1.82) is 0 Å². The highest BCUT2D eigenvalue weighted by Crippen LogP contribution is 2.24. The summed E-state index contributed by atoms with van der Waals surface area (Å²) >= 11 is 0. The second-order valence-electron chi connectivity index (χ2n) is 7.71. The van der Waals surface area contributed by atoms with E-state index in [9.17, 15) is 14.4 Å². The van der Waals surface area contributed by atoms with E-state index in [0.717, 1.165) is 17.5 Å². The zero-order chi connectivity index (χ0) is 20.4. The van der Waals surface area contributed by atoms with E-state index in [4.69, 9.17) is 0 Å². The number of amides is 3. The summed E-state index contributed by atoms with van der Waals surface area (Å²) in [6.07, 6.45) is 1.91. The Hall–Kier alpha value is -3.15. The van der Waals surface area contributed by atoms with Crippen LogP contribution in [0.1, 0.15) is 36.5 Å². The highest BCUT2D eigenvalue weighted by atomic mass is 16.2. The number of carbonyl (C=O) groups is 3. The van der Waals surface area contributed by atoms with Crippen molar-refractivity contribution in [2.24, 2.45) is 0 Å². The highest BCUT2D eigenvalue weighted by Gasteiger charge is 2.46. The van der Waals surface area contributed by atoms with E-state index in [-0.39, 0.29) is 23.8 Å². The predicted octanol–water partition coefficient (Wildman–Crippen LogP) is 2.35. The SMILES string of the molecule is CCC[C@@H]1NC(=O)[C@@H]2C[C@H](NC(=O)c3ccc(-c4ccccc4)cc3)CN2C1=O. The molecule has 29 heavy (non-hydrogen) atoms. The lowest BCUT2D eigenvalue weighted by Crippen LogP contribution is -2.61. The van der Waals surface area contributed by atoms with Gasteiger partial charge in [0.15, 0.2) is 0 Å². The summed E-state index contributed by atoms with van der Waals surface area (Å²) in [5, 5.41) is 5.81. The molecule has 0 saturated carbocycles. The molecule has 6 nitrogen and oxygen atoms in total. The quantitative estimate of drug-likeness (QED) is 0.821. The Balaban J connectivity index is 1.41. The molecule has 0 aromatic heterocycles. The molecule has 2 N–H and O–H groups in total. The second-order valence-corrected chi connectivity index (χ2v) is 7.71. The number of hydrogen-bond donors (Lipinski definition) is 2. The van der Waals surface area contributed by atoms with E-state index in [0.29, 0.717) is 24.9 Å². The fourth-order valence-corrected chi connectivity index (χ4v) is 4.16. The molecule has 4 rings (SSSR count). The van der Waals surface area contributed by atoms with E-state index in [1.807, 2.05) is 49.4 Å². The van der Waals surface area contributed by atoms with Crippen LogP contribution in [-0.4, -0.2) is 47.3 Å². The van der Waals surface area contributed by atoms with Gasteiger partial charge in [0.25, 0.3) is 5.91 Å². The van der Waals surface area contributed by atoms with Gasteiger partial charge in [-0.15, -0.1) is 0 Å². The summed E-state index contributed by atoms with van der Waals surface area (Å²) in [5.41, 5.74) is 2.71. The number of benzene rings is 2. The van der Waals surface area contributed by atoms with Gasteiger partial charge < -0.3 is 15.5 Å². The first-order valence-electron chi connectivity index (χ1n) is 10.1. The third kappa shape index (κ3) is 3.88. The van der Waals surface area contributed by atoms with Gasteiger partial charge >= 0.3 is 0 Å². The van der Waals surface area contributed by atoms with E-state index >= 15 is 0 Å². The smallest absolute Gasteiger partial charge is 0.251 e. The number of piperazine rings is 1. The van der Waals surface area contributed by atoms with Gasteiger partial charge in [-0.25, -0.2) is 0 Å². The Morgan fingerprint density at radius 1 is 1.07 bits per heavy atom. The summed E-state index contributed by atoms with van der Waals surface area (Å²) in [4.78, 5) is 39.3. The van der Waals surface area contributed by atoms with Crippen molar-refractivity contribution in [3.63, 3.8) is 0 Å². The van der Waals surface area contributed by atoms with Gasteiger partial charge in [-0.3, -0.25) is 14.4 Å². The first-order chi connectivity index (χ1) is 14.1. The van der Waals surface area contributed by atoms with Crippen LogP contribution < -0.4 is 10.6 Å². The van der Waals surface area contributed by atoms with Gasteiger partial charge in [-0.1, -0.05) is 55.8 Å². The van der Waals surface area contributed by atoms with Crippen LogP contribution in [0, 0.1) is 0 Å². The van der Waals surface area contributed by atoms with E-state index in [1.54, 1.807) is 17.0 Å². The Morgan fingerprint density at radius 3 is 2.45 bits per heavy atom. The molecule has 6 heteroatoms. The Morgan fingerprint density at radius 2 is 1.76 bits per heavy atom. The van der Waals surface area contributed by atoms with Gasteiger partial charge in [0.1, 0.15) is 12.1 Å². The van der Waals surface area contributed by atoms with Crippen molar-refractivity contribution in [1.82, 2.24) is 15.5 Å². The first kappa shape index (κ1) is 19.2. The molecule has 0 aliphatic carbocycles. The number of rotatable bonds is 5. The lowest BCUT2D eigenvalue weighted by Gasteiger charge is -2.34. The van der Waals surface area contributed by atoms with Crippen LogP contribution in [0.2, 0.25) is 0 Å². The molecule has 0 spiro atoms. The van der Waals surface area contributed by atoms with E-state index in [2.05, 4.69) is 10.6 Å². The maximum Gasteiger partial charge on any atom is 0.251 e. The summed E-state index contributed by atoms with van der Waals surface area (Å²) in [6.45, 7) is 2.37. The average Bonchev–Trinajstić information content (AvgIpc) is 3.17. The fraction of sp³-hybridized carbons (Fsp3) is 0.348. The van der Waals surface area contributed by atoms with Crippen LogP contribution in [-0.2, 0) is 9.59 Å². The number of nitrogens with one attached hydrogen (secondary N) is 2. The van der Waals surface area contributed by atoms with Crippen molar-refractivity contribution >= 4 is 17.7 Å². The van der Waals surface area contributed by atoms with Gasteiger partial charge in [-0.05, 0) is 36.1 Å². The van der Waals surface area contributed by atoms with Gasteiger partial charge in [0.2, 0.25) is 11.8 Å². The average molecular weight is 391 g/mol.